The molecular formula is C14H17NO. The van der Waals surface area contributed by atoms with Crippen LogP contribution in [-0.4, -0.2) is 24.4 Å². The van der Waals surface area contributed by atoms with Gasteiger partial charge in [0.1, 0.15) is 0 Å². The summed E-state index contributed by atoms with van der Waals surface area (Å²) in [5, 5.41) is 0. The molecule has 0 radical (unpaired) electrons. The van der Waals surface area contributed by atoms with Gasteiger partial charge in [-0.3, -0.25) is 4.79 Å². The van der Waals surface area contributed by atoms with Gasteiger partial charge in [0, 0.05) is 19.7 Å². The topological polar surface area (TPSA) is 20.3 Å². The van der Waals surface area contributed by atoms with E-state index in [1.54, 1.807) is 11.0 Å². The van der Waals surface area contributed by atoms with Crippen molar-refractivity contribution in [3.63, 3.8) is 0 Å². The Labute approximate surface area is 96.6 Å². The summed E-state index contributed by atoms with van der Waals surface area (Å²) in [6.45, 7) is 0.901. The summed E-state index contributed by atoms with van der Waals surface area (Å²) < 4.78 is 0. The predicted molar refractivity (Wildman–Crippen MR) is 65.8 cm³/mol. The molecule has 1 aliphatic rings. The first-order chi connectivity index (χ1) is 7.75. The molecule has 0 atom stereocenters. The summed E-state index contributed by atoms with van der Waals surface area (Å²) in [7, 11) is 1.87. The van der Waals surface area contributed by atoms with Crippen LogP contribution in [0, 0.1) is 5.92 Å². The second-order valence-electron chi connectivity index (χ2n) is 4.41. The third-order valence-electron chi connectivity index (χ3n) is 2.82. The van der Waals surface area contributed by atoms with E-state index in [1.165, 1.54) is 12.8 Å². The van der Waals surface area contributed by atoms with Crippen LogP contribution in [0.15, 0.2) is 36.4 Å². The van der Waals surface area contributed by atoms with Crippen LogP contribution >= 0.6 is 0 Å². The molecular weight excluding hydrogens is 198 g/mol. The maximum absolute atomic E-state index is 11.7. The van der Waals surface area contributed by atoms with Gasteiger partial charge in [-0.25, -0.2) is 0 Å². The molecule has 16 heavy (non-hydrogen) atoms. The summed E-state index contributed by atoms with van der Waals surface area (Å²) >= 11 is 0. The van der Waals surface area contributed by atoms with Gasteiger partial charge in [0.25, 0.3) is 0 Å². The number of amides is 1. The van der Waals surface area contributed by atoms with Crippen LogP contribution in [0.3, 0.4) is 0 Å². The number of carbonyl (C=O) groups excluding carboxylic acids is 1. The van der Waals surface area contributed by atoms with E-state index >= 15 is 0 Å². The van der Waals surface area contributed by atoms with Crippen molar-refractivity contribution in [3.05, 3.63) is 42.0 Å². The highest BCUT2D eigenvalue weighted by Crippen LogP contribution is 2.29. The molecule has 0 heterocycles. The molecule has 0 bridgehead atoms. The fraction of sp³-hybridized carbons (Fsp3) is 0.357. The quantitative estimate of drug-likeness (QED) is 0.707. The van der Waals surface area contributed by atoms with Crippen LogP contribution in [0.2, 0.25) is 0 Å². The summed E-state index contributed by atoms with van der Waals surface area (Å²) in [5.41, 5.74) is 1.07. The number of hydrogen-bond acceptors (Lipinski definition) is 1. The SMILES string of the molecule is CN(CC1CC1)C(=O)/C=C/c1ccccc1. The molecule has 1 aromatic carbocycles. The standard InChI is InChI=1S/C14H17NO/c1-15(11-13-7-8-13)14(16)10-9-12-5-3-2-4-6-12/h2-6,9-10,13H,7-8,11H2,1H3/b10-9+. The number of nitrogens with zero attached hydrogens (tertiary/aromatic N) is 1. The first-order valence-electron chi connectivity index (χ1n) is 5.74. The van der Waals surface area contributed by atoms with Gasteiger partial charge in [0.2, 0.25) is 5.91 Å². The maximum atomic E-state index is 11.7. The highest BCUT2D eigenvalue weighted by molar-refractivity contribution is 5.91. The molecule has 1 fully saturated rings. The van der Waals surface area contributed by atoms with Crippen LogP contribution in [0.25, 0.3) is 6.08 Å². The first kappa shape index (κ1) is 10.9. The lowest BCUT2D eigenvalue weighted by atomic mass is 10.2. The van der Waals surface area contributed by atoms with Gasteiger partial charge in [-0.05, 0) is 30.4 Å². The lowest BCUT2D eigenvalue weighted by Crippen LogP contribution is -2.26. The molecule has 1 amide bonds. The normalized spacial score (nSPS) is 15.3. The Kier molecular flexibility index (Phi) is 3.40. The minimum atomic E-state index is 0.0933. The number of benzene rings is 1. The van der Waals surface area contributed by atoms with Crippen molar-refractivity contribution in [2.24, 2.45) is 5.92 Å². The van der Waals surface area contributed by atoms with Crippen molar-refractivity contribution in [1.82, 2.24) is 4.90 Å². The fourth-order valence-electron chi connectivity index (χ4n) is 1.64. The highest BCUT2D eigenvalue weighted by atomic mass is 16.2. The monoisotopic (exact) mass is 215 g/mol. The molecule has 0 unspecified atom stereocenters. The van der Waals surface area contributed by atoms with E-state index in [9.17, 15) is 4.79 Å². The van der Waals surface area contributed by atoms with Gasteiger partial charge in [-0.1, -0.05) is 30.3 Å². The Hall–Kier alpha value is -1.57. The number of rotatable bonds is 4. The van der Waals surface area contributed by atoms with Crippen molar-refractivity contribution in [2.75, 3.05) is 13.6 Å². The van der Waals surface area contributed by atoms with E-state index in [4.69, 9.17) is 0 Å². The van der Waals surface area contributed by atoms with E-state index in [-0.39, 0.29) is 5.91 Å². The third-order valence-corrected chi connectivity index (χ3v) is 2.82. The molecule has 0 aromatic heterocycles. The van der Waals surface area contributed by atoms with Crippen molar-refractivity contribution >= 4 is 12.0 Å². The van der Waals surface area contributed by atoms with Gasteiger partial charge in [-0.2, -0.15) is 0 Å². The smallest absolute Gasteiger partial charge is 0.246 e. The molecule has 1 aliphatic carbocycles. The molecule has 0 spiro atoms. The second-order valence-corrected chi connectivity index (χ2v) is 4.41. The largest absolute Gasteiger partial charge is 0.342 e. The number of carbonyl (C=O) groups is 1. The Balaban J connectivity index is 1.88. The molecule has 1 saturated carbocycles. The average molecular weight is 215 g/mol. The molecule has 0 saturated heterocycles. The van der Waals surface area contributed by atoms with Crippen molar-refractivity contribution in [2.45, 2.75) is 12.8 Å². The summed E-state index contributed by atoms with van der Waals surface area (Å²) in [4.78, 5) is 13.5. The molecule has 84 valence electrons. The summed E-state index contributed by atoms with van der Waals surface area (Å²) in [6.07, 6.45) is 6.07. The average Bonchev–Trinajstić information content (AvgIpc) is 3.11. The zero-order valence-electron chi connectivity index (χ0n) is 9.60. The Morgan fingerprint density at radius 3 is 2.69 bits per heavy atom. The van der Waals surface area contributed by atoms with Crippen molar-refractivity contribution in [1.29, 1.82) is 0 Å². The van der Waals surface area contributed by atoms with Gasteiger partial charge in [0.05, 0.1) is 0 Å². The minimum Gasteiger partial charge on any atom is -0.342 e. The maximum Gasteiger partial charge on any atom is 0.246 e. The van der Waals surface area contributed by atoms with Gasteiger partial charge >= 0.3 is 0 Å². The zero-order valence-corrected chi connectivity index (χ0v) is 9.60. The van der Waals surface area contributed by atoms with Crippen molar-refractivity contribution < 1.29 is 4.79 Å². The molecule has 2 nitrogen and oxygen atoms in total. The van der Waals surface area contributed by atoms with E-state index in [1.807, 2.05) is 43.5 Å². The Morgan fingerprint density at radius 2 is 2.06 bits per heavy atom. The van der Waals surface area contributed by atoms with Crippen LogP contribution < -0.4 is 0 Å². The molecule has 0 aliphatic heterocycles. The third kappa shape index (κ3) is 3.23. The number of hydrogen-bond donors (Lipinski definition) is 0. The Morgan fingerprint density at radius 1 is 1.38 bits per heavy atom. The fourth-order valence-corrected chi connectivity index (χ4v) is 1.64. The zero-order chi connectivity index (χ0) is 11.4. The number of likely N-dealkylation sites (N-methyl/N-ethyl adjacent to an activating group) is 1. The molecule has 2 rings (SSSR count). The first-order valence-corrected chi connectivity index (χ1v) is 5.74. The van der Waals surface area contributed by atoms with Crippen LogP contribution in [-0.2, 0) is 4.79 Å². The lowest BCUT2D eigenvalue weighted by Gasteiger charge is -2.13. The minimum absolute atomic E-state index is 0.0933. The molecule has 1 aromatic rings. The van der Waals surface area contributed by atoms with E-state index in [2.05, 4.69) is 0 Å². The van der Waals surface area contributed by atoms with Gasteiger partial charge in [0.15, 0.2) is 0 Å². The molecule has 2 heteroatoms. The summed E-state index contributed by atoms with van der Waals surface area (Å²) in [5.74, 6) is 0.842. The predicted octanol–water partition coefficient (Wildman–Crippen LogP) is 2.57. The van der Waals surface area contributed by atoms with Crippen LogP contribution in [0.5, 0.6) is 0 Å². The van der Waals surface area contributed by atoms with Gasteiger partial charge < -0.3 is 4.90 Å². The Bertz CT molecular complexity index is 379. The van der Waals surface area contributed by atoms with E-state index in [0.717, 1.165) is 18.0 Å². The van der Waals surface area contributed by atoms with Crippen molar-refractivity contribution in [3.8, 4) is 0 Å². The van der Waals surface area contributed by atoms with Crippen LogP contribution in [0.4, 0.5) is 0 Å². The lowest BCUT2D eigenvalue weighted by molar-refractivity contribution is -0.124. The van der Waals surface area contributed by atoms with E-state index in [0.29, 0.717) is 0 Å². The van der Waals surface area contributed by atoms with E-state index < -0.39 is 0 Å². The molecule has 0 N–H and O–H groups in total. The van der Waals surface area contributed by atoms with Crippen LogP contribution in [0.1, 0.15) is 18.4 Å². The van der Waals surface area contributed by atoms with Gasteiger partial charge in [-0.15, -0.1) is 0 Å². The highest BCUT2D eigenvalue weighted by Gasteiger charge is 2.23. The second kappa shape index (κ2) is 4.97. The summed E-state index contributed by atoms with van der Waals surface area (Å²) in [6, 6.07) is 9.89.